The molecule has 0 aliphatic rings. The Morgan fingerprint density at radius 2 is 1.50 bits per heavy atom. The minimum atomic E-state index is 0.319. The monoisotopic (exact) mass is 230 g/mol. The van der Waals surface area contributed by atoms with Crippen molar-refractivity contribution in [3.05, 3.63) is 0 Å². The Bertz CT molecular complexity index is 129. The van der Waals surface area contributed by atoms with Gasteiger partial charge in [0.05, 0.1) is 0 Å². The number of hydrogen-bond donors (Lipinski definition) is 3. The predicted octanol–water partition coefficient (Wildman–Crippen LogP) is 2.04. The Morgan fingerprint density at radius 3 is 2.06 bits per heavy atom. The van der Waals surface area contributed by atoms with Crippen LogP contribution in [0.2, 0.25) is 0 Å². The minimum absolute atomic E-state index is 0.319. The molecule has 0 rings (SSSR count). The van der Waals surface area contributed by atoms with E-state index in [1.807, 2.05) is 6.92 Å². The van der Waals surface area contributed by atoms with Crippen LogP contribution in [0.25, 0.3) is 0 Å². The van der Waals surface area contributed by atoms with Gasteiger partial charge in [0.1, 0.15) is 0 Å². The molecule has 0 saturated heterocycles. The van der Waals surface area contributed by atoms with E-state index in [0.717, 1.165) is 25.9 Å². The van der Waals surface area contributed by atoms with Crippen molar-refractivity contribution in [1.29, 1.82) is 0 Å². The summed E-state index contributed by atoms with van der Waals surface area (Å²) in [5.41, 5.74) is 5.65. The van der Waals surface area contributed by atoms with Crippen molar-refractivity contribution >= 4 is 0 Å². The highest BCUT2D eigenvalue weighted by Gasteiger charge is 1.94. The molecule has 0 aliphatic heterocycles. The van der Waals surface area contributed by atoms with E-state index in [1.54, 1.807) is 0 Å². The van der Waals surface area contributed by atoms with E-state index in [1.165, 1.54) is 38.5 Å². The van der Waals surface area contributed by atoms with Crippen molar-refractivity contribution in [2.24, 2.45) is 5.73 Å². The fourth-order valence-electron chi connectivity index (χ4n) is 1.70. The molecule has 0 fully saturated rings. The fourth-order valence-corrected chi connectivity index (χ4v) is 1.70. The standard InChI is InChI=1S/C13H30N2O/c1-13(14)9-11-15-10-7-5-3-2-4-6-8-12-16/h13,15-16H,2-12,14H2,1H3. The zero-order chi connectivity index (χ0) is 12.1. The minimum Gasteiger partial charge on any atom is -0.396 e. The first-order valence-electron chi connectivity index (χ1n) is 6.84. The molecule has 3 heteroatoms. The fraction of sp³-hybridized carbons (Fsp3) is 1.00. The summed E-state index contributed by atoms with van der Waals surface area (Å²) in [4.78, 5) is 0. The Labute approximate surface area is 101 Å². The highest BCUT2D eigenvalue weighted by Crippen LogP contribution is 2.06. The second kappa shape index (κ2) is 12.9. The maximum Gasteiger partial charge on any atom is 0.0431 e. The van der Waals surface area contributed by atoms with Gasteiger partial charge >= 0.3 is 0 Å². The van der Waals surface area contributed by atoms with E-state index in [9.17, 15) is 0 Å². The molecule has 1 unspecified atom stereocenters. The average Bonchev–Trinajstić information content (AvgIpc) is 2.25. The zero-order valence-electron chi connectivity index (χ0n) is 10.9. The van der Waals surface area contributed by atoms with Crippen LogP contribution in [0.15, 0.2) is 0 Å². The van der Waals surface area contributed by atoms with Gasteiger partial charge in [-0.25, -0.2) is 0 Å². The van der Waals surface area contributed by atoms with E-state index in [2.05, 4.69) is 5.32 Å². The molecule has 0 bridgehead atoms. The summed E-state index contributed by atoms with van der Waals surface area (Å²) in [6.07, 6.45) is 9.76. The van der Waals surface area contributed by atoms with Crippen LogP contribution in [0.4, 0.5) is 0 Å². The van der Waals surface area contributed by atoms with Crippen LogP contribution in [0.5, 0.6) is 0 Å². The summed E-state index contributed by atoms with van der Waals surface area (Å²) in [6.45, 7) is 4.58. The van der Waals surface area contributed by atoms with Crippen molar-refractivity contribution in [1.82, 2.24) is 5.32 Å². The van der Waals surface area contributed by atoms with Gasteiger partial charge in [0.15, 0.2) is 0 Å². The highest BCUT2D eigenvalue weighted by molar-refractivity contribution is 4.56. The third-order valence-electron chi connectivity index (χ3n) is 2.79. The van der Waals surface area contributed by atoms with Gasteiger partial charge in [0.2, 0.25) is 0 Å². The van der Waals surface area contributed by atoms with E-state index in [0.29, 0.717) is 12.6 Å². The normalized spacial score (nSPS) is 12.9. The number of aliphatic hydroxyl groups excluding tert-OH is 1. The third kappa shape index (κ3) is 13.9. The van der Waals surface area contributed by atoms with Gasteiger partial charge in [0.25, 0.3) is 0 Å². The predicted molar refractivity (Wildman–Crippen MR) is 70.5 cm³/mol. The van der Waals surface area contributed by atoms with E-state index < -0.39 is 0 Å². The van der Waals surface area contributed by atoms with E-state index in [-0.39, 0.29) is 0 Å². The van der Waals surface area contributed by atoms with Gasteiger partial charge < -0.3 is 16.2 Å². The van der Waals surface area contributed by atoms with Gasteiger partial charge in [-0.2, -0.15) is 0 Å². The number of aliphatic hydroxyl groups is 1. The first-order valence-corrected chi connectivity index (χ1v) is 6.84. The molecule has 0 amide bonds. The second-order valence-corrected chi connectivity index (χ2v) is 4.71. The summed E-state index contributed by atoms with van der Waals surface area (Å²) in [6, 6.07) is 0.319. The van der Waals surface area contributed by atoms with Crippen LogP contribution in [-0.2, 0) is 0 Å². The second-order valence-electron chi connectivity index (χ2n) is 4.71. The summed E-state index contributed by atoms with van der Waals surface area (Å²) in [7, 11) is 0. The number of hydrogen-bond acceptors (Lipinski definition) is 3. The lowest BCUT2D eigenvalue weighted by Gasteiger charge is -2.06. The highest BCUT2D eigenvalue weighted by atomic mass is 16.2. The molecular formula is C13H30N2O. The smallest absolute Gasteiger partial charge is 0.0431 e. The van der Waals surface area contributed by atoms with Gasteiger partial charge in [0, 0.05) is 12.6 Å². The van der Waals surface area contributed by atoms with E-state index >= 15 is 0 Å². The van der Waals surface area contributed by atoms with Crippen molar-refractivity contribution in [2.45, 2.75) is 64.3 Å². The number of unbranched alkanes of at least 4 members (excludes halogenated alkanes) is 6. The molecule has 3 nitrogen and oxygen atoms in total. The molecule has 0 aromatic heterocycles. The van der Waals surface area contributed by atoms with Crippen LogP contribution in [0.1, 0.15) is 58.3 Å². The van der Waals surface area contributed by atoms with Crippen LogP contribution in [0, 0.1) is 0 Å². The first kappa shape index (κ1) is 15.9. The molecule has 0 aliphatic carbocycles. The Balaban J connectivity index is 2.88. The lowest BCUT2D eigenvalue weighted by atomic mass is 10.1. The number of nitrogens with two attached hydrogens (primary N) is 1. The van der Waals surface area contributed by atoms with Crippen LogP contribution < -0.4 is 11.1 Å². The van der Waals surface area contributed by atoms with Crippen molar-refractivity contribution < 1.29 is 5.11 Å². The summed E-state index contributed by atoms with van der Waals surface area (Å²) < 4.78 is 0. The van der Waals surface area contributed by atoms with Crippen molar-refractivity contribution in [3.63, 3.8) is 0 Å². The zero-order valence-corrected chi connectivity index (χ0v) is 10.9. The van der Waals surface area contributed by atoms with E-state index in [4.69, 9.17) is 10.8 Å². The topological polar surface area (TPSA) is 58.3 Å². The van der Waals surface area contributed by atoms with Crippen LogP contribution >= 0.6 is 0 Å². The molecule has 0 spiro atoms. The molecule has 1 atom stereocenters. The molecule has 0 aromatic carbocycles. The SMILES string of the molecule is CC(N)CCNCCCCCCCCCO. The van der Waals surface area contributed by atoms with Gasteiger partial charge in [-0.3, -0.25) is 0 Å². The Hall–Kier alpha value is -0.120. The molecule has 0 radical (unpaired) electrons. The molecule has 0 aromatic rings. The van der Waals surface area contributed by atoms with Gasteiger partial charge in [-0.05, 0) is 39.3 Å². The first-order chi connectivity index (χ1) is 7.77. The molecule has 0 saturated carbocycles. The molecule has 4 N–H and O–H groups in total. The average molecular weight is 230 g/mol. The Kier molecular flexibility index (Phi) is 12.9. The van der Waals surface area contributed by atoms with Gasteiger partial charge in [-0.15, -0.1) is 0 Å². The molecule has 98 valence electrons. The summed E-state index contributed by atoms with van der Waals surface area (Å²) in [5, 5.41) is 12.0. The molecular weight excluding hydrogens is 200 g/mol. The maximum atomic E-state index is 8.61. The largest absolute Gasteiger partial charge is 0.396 e. The van der Waals surface area contributed by atoms with Gasteiger partial charge in [-0.1, -0.05) is 32.1 Å². The molecule has 0 heterocycles. The van der Waals surface area contributed by atoms with Crippen molar-refractivity contribution in [2.75, 3.05) is 19.7 Å². The van der Waals surface area contributed by atoms with Crippen LogP contribution in [0.3, 0.4) is 0 Å². The lowest BCUT2D eigenvalue weighted by molar-refractivity contribution is 0.282. The summed E-state index contributed by atoms with van der Waals surface area (Å²) in [5.74, 6) is 0. The number of rotatable bonds is 12. The maximum absolute atomic E-state index is 8.61. The lowest BCUT2D eigenvalue weighted by Crippen LogP contribution is -2.24. The number of nitrogens with one attached hydrogen (secondary N) is 1. The van der Waals surface area contributed by atoms with Crippen LogP contribution in [-0.4, -0.2) is 30.8 Å². The molecule has 16 heavy (non-hydrogen) atoms. The van der Waals surface area contributed by atoms with Crippen molar-refractivity contribution in [3.8, 4) is 0 Å². The Morgan fingerprint density at radius 1 is 0.938 bits per heavy atom. The quantitative estimate of drug-likeness (QED) is 0.450. The summed E-state index contributed by atoms with van der Waals surface area (Å²) >= 11 is 0. The third-order valence-corrected chi connectivity index (χ3v) is 2.79.